The van der Waals surface area contributed by atoms with Crippen LogP contribution in [0.15, 0.2) is 162 Å². The smallest absolute Gasteiger partial charge is 0.136 e. The van der Waals surface area contributed by atoms with Gasteiger partial charge in [-0.15, -0.1) is 22.7 Å². The summed E-state index contributed by atoms with van der Waals surface area (Å²) in [5.74, 6) is 0. The minimum Gasteiger partial charge on any atom is -0.456 e. The first-order valence-electron chi connectivity index (χ1n) is 17.3. The summed E-state index contributed by atoms with van der Waals surface area (Å²) in [5.41, 5.74) is 6.88. The van der Waals surface area contributed by atoms with Crippen molar-refractivity contribution in [3.05, 3.63) is 158 Å². The lowest BCUT2D eigenvalue weighted by Gasteiger charge is -2.19. The Balaban J connectivity index is 1.28. The minimum absolute atomic E-state index is 0.916. The Morgan fingerprint density at radius 3 is 1.59 bits per heavy atom. The van der Waals surface area contributed by atoms with Crippen molar-refractivity contribution in [1.29, 1.82) is 0 Å². The number of hydrogen-bond donors (Lipinski definition) is 0. The standard InChI is InChI=1S/C48H26OS2/c1-3-14-30-28(12-1)43(35-19-11-21-38-45(35)32-16-5-8-20-37(32)49-38)29-13-2-4-15-31(29)44(30)36-26-27-24-25-41-46(33-17-6-9-22-39(33)50-41)42(27)47-34-18-7-10-23-40(34)51-48(36)47/h1-26H. The first-order valence-corrected chi connectivity index (χ1v) is 19.0. The molecule has 0 aliphatic rings. The number of benzene rings is 9. The number of rotatable bonds is 2. The van der Waals surface area contributed by atoms with Gasteiger partial charge in [-0.25, -0.2) is 0 Å². The second-order valence-electron chi connectivity index (χ2n) is 13.5. The molecule has 0 radical (unpaired) electrons. The normalized spacial score (nSPS) is 12.3. The highest BCUT2D eigenvalue weighted by molar-refractivity contribution is 7.27. The van der Waals surface area contributed by atoms with Gasteiger partial charge in [-0.1, -0.05) is 121 Å². The van der Waals surface area contributed by atoms with E-state index in [2.05, 4.69) is 152 Å². The summed E-state index contributed by atoms with van der Waals surface area (Å²) >= 11 is 3.82. The van der Waals surface area contributed by atoms with Crippen LogP contribution < -0.4 is 0 Å². The molecule has 9 aromatic carbocycles. The first kappa shape index (κ1) is 27.8. The van der Waals surface area contributed by atoms with Gasteiger partial charge < -0.3 is 4.42 Å². The Morgan fingerprint density at radius 1 is 0.333 bits per heavy atom. The van der Waals surface area contributed by atoms with E-state index in [4.69, 9.17) is 4.42 Å². The third-order valence-corrected chi connectivity index (χ3v) is 13.2. The number of fused-ring (bicyclic) bond motifs is 14. The molecular formula is C48H26OS2. The van der Waals surface area contributed by atoms with E-state index in [0.717, 1.165) is 16.6 Å². The lowest BCUT2D eigenvalue weighted by Crippen LogP contribution is -1.92. The van der Waals surface area contributed by atoms with E-state index >= 15 is 0 Å². The van der Waals surface area contributed by atoms with Gasteiger partial charge in [0.05, 0.1) is 0 Å². The van der Waals surface area contributed by atoms with E-state index in [0.29, 0.717) is 0 Å². The molecule has 0 amide bonds. The molecule has 0 bridgehead atoms. The molecule has 236 valence electrons. The zero-order chi connectivity index (χ0) is 33.2. The van der Waals surface area contributed by atoms with Gasteiger partial charge in [-0.05, 0) is 80.0 Å². The van der Waals surface area contributed by atoms with E-state index < -0.39 is 0 Å². The molecule has 12 rings (SSSR count). The fourth-order valence-corrected chi connectivity index (χ4v) is 11.1. The van der Waals surface area contributed by atoms with Crippen LogP contribution >= 0.6 is 22.7 Å². The Morgan fingerprint density at radius 2 is 0.882 bits per heavy atom. The van der Waals surface area contributed by atoms with Crippen LogP contribution in [-0.2, 0) is 0 Å². The SMILES string of the molecule is c1ccc2c(c1)oc1cccc(-c3c4ccccc4c(-c4cc5ccc6sc7ccccc7c6c5c5c4sc4ccccc45)c4ccccc34)c12. The fourth-order valence-electron chi connectivity index (χ4n) is 8.80. The van der Waals surface area contributed by atoms with E-state index in [1.165, 1.54) is 100 Å². The lowest BCUT2D eigenvalue weighted by molar-refractivity contribution is 0.669. The van der Waals surface area contributed by atoms with Crippen molar-refractivity contribution in [2.75, 3.05) is 0 Å². The average Bonchev–Trinajstić information content (AvgIpc) is 3.88. The van der Waals surface area contributed by atoms with Gasteiger partial charge in [0, 0.05) is 62.1 Å². The summed E-state index contributed by atoms with van der Waals surface area (Å²) in [7, 11) is 0. The Kier molecular flexibility index (Phi) is 5.59. The summed E-state index contributed by atoms with van der Waals surface area (Å²) < 4.78 is 11.7. The Hall–Kier alpha value is -6.00. The maximum atomic E-state index is 6.40. The van der Waals surface area contributed by atoms with Gasteiger partial charge in [-0.3, -0.25) is 0 Å². The summed E-state index contributed by atoms with van der Waals surface area (Å²) in [6.07, 6.45) is 0. The molecule has 0 fully saturated rings. The van der Waals surface area contributed by atoms with Crippen LogP contribution in [0.2, 0.25) is 0 Å². The molecule has 3 heterocycles. The minimum atomic E-state index is 0.916. The van der Waals surface area contributed by atoms with Gasteiger partial charge in [-0.2, -0.15) is 0 Å². The summed E-state index contributed by atoms with van der Waals surface area (Å²) in [6.45, 7) is 0. The third kappa shape index (κ3) is 3.74. The molecule has 0 saturated carbocycles. The molecular weight excluding hydrogens is 657 g/mol. The molecule has 3 heteroatoms. The summed E-state index contributed by atoms with van der Waals surface area (Å²) in [5, 5.41) is 15.4. The Labute approximate surface area is 300 Å². The van der Waals surface area contributed by atoms with Crippen molar-refractivity contribution in [1.82, 2.24) is 0 Å². The van der Waals surface area contributed by atoms with Crippen LogP contribution in [0.5, 0.6) is 0 Å². The van der Waals surface area contributed by atoms with E-state index in [1.54, 1.807) is 0 Å². The monoisotopic (exact) mass is 682 g/mol. The average molecular weight is 683 g/mol. The highest BCUT2D eigenvalue weighted by atomic mass is 32.1. The maximum Gasteiger partial charge on any atom is 0.136 e. The van der Waals surface area contributed by atoms with Crippen molar-refractivity contribution in [3.8, 4) is 22.3 Å². The largest absolute Gasteiger partial charge is 0.456 e. The van der Waals surface area contributed by atoms with E-state index in [1.807, 2.05) is 28.7 Å². The number of thiophene rings is 2. The molecule has 0 N–H and O–H groups in total. The van der Waals surface area contributed by atoms with Gasteiger partial charge in [0.2, 0.25) is 0 Å². The van der Waals surface area contributed by atoms with E-state index in [9.17, 15) is 0 Å². The van der Waals surface area contributed by atoms with Crippen LogP contribution in [0.25, 0.3) is 117 Å². The van der Waals surface area contributed by atoms with Crippen molar-refractivity contribution in [3.63, 3.8) is 0 Å². The zero-order valence-corrected chi connectivity index (χ0v) is 28.9. The molecule has 0 unspecified atom stereocenters. The second kappa shape index (κ2) is 10.3. The molecule has 0 atom stereocenters. The highest BCUT2D eigenvalue weighted by Crippen LogP contribution is 2.52. The third-order valence-electron chi connectivity index (χ3n) is 10.8. The van der Waals surface area contributed by atoms with Gasteiger partial charge in [0.15, 0.2) is 0 Å². The summed E-state index contributed by atoms with van der Waals surface area (Å²) in [4.78, 5) is 0. The topological polar surface area (TPSA) is 13.1 Å². The van der Waals surface area contributed by atoms with Crippen LogP contribution in [-0.4, -0.2) is 0 Å². The molecule has 12 aromatic rings. The van der Waals surface area contributed by atoms with E-state index in [-0.39, 0.29) is 0 Å². The number of furan rings is 1. The lowest BCUT2D eigenvalue weighted by atomic mass is 9.84. The molecule has 0 aliphatic carbocycles. The van der Waals surface area contributed by atoms with Crippen molar-refractivity contribution < 1.29 is 4.42 Å². The Bertz CT molecular complexity index is 3370. The highest BCUT2D eigenvalue weighted by Gasteiger charge is 2.24. The summed E-state index contributed by atoms with van der Waals surface area (Å²) in [6, 6.07) is 58.0. The molecule has 51 heavy (non-hydrogen) atoms. The molecule has 3 aromatic heterocycles. The van der Waals surface area contributed by atoms with Crippen LogP contribution in [0.1, 0.15) is 0 Å². The quantitative estimate of drug-likeness (QED) is 0.165. The van der Waals surface area contributed by atoms with Gasteiger partial charge in [0.1, 0.15) is 11.2 Å². The van der Waals surface area contributed by atoms with Crippen molar-refractivity contribution in [2.24, 2.45) is 0 Å². The maximum absolute atomic E-state index is 6.40. The fraction of sp³-hybridized carbons (Fsp3) is 0. The predicted molar refractivity (Wildman–Crippen MR) is 223 cm³/mol. The zero-order valence-electron chi connectivity index (χ0n) is 27.2. The molecule has 0 saturated heterocycles. The van der Waals surface area contributed by atoms with Crippen molar-refractivity contribution in [2.45, 2.75) is 0 Å². The van der Waals surface area contributed by atoms with Crippen LogP contribution in [0.3, 0.4) is 0 Å². The number of para-hydroxylation sites is 1. The van der Waals surface area contributed by atoms with Gasteiger partial charge >= 0.3 is 0 Å². The van der Waals surface area contributed by atoms with Crippen LogP contribution in [0.4, 0.5) is 0 Å². The van der Waals surface area contributed by atoms with Crippen LogP contribution in [0, 0.1) is 0 Å². The second-order valence-corrected chi connectivity index (χ2v) is 15.6. The van der Waals surface area contributed by atoms with Gasteiger partial charge in [0.25, 0.3) is 0 Å². The molecule has 0 aliphatic heterocycles. The predicted octanol–water partition coefficient (Wildman–Crippen LogP) is 15.1. The molecule has 0 spiro atoms. The first-order chi connectivity index (χ1) is 25.3. The molecule has 1 nitrogen and oxygen atoms in total. The van der Waals surface area contributed by atoms with Crippen molar-refractivity contribution >= 4 is 117 Å². The number of hydrogen-bond acceptors (Lipinski definition) is 3.